The predicted octanol–water partition coefficient (Wildman–Crippen LogP) is 4.17. The summed E-state index contributed by atoms with van der Waals surface area (Å²) in [6.07, 6.45) is 1.62. The summed E-state index contributed by atoms with van der Waals surface area (Å²) in [5.74, 6) is -0.642. The molecule has 0 unspecified atom stereocenters. The first-order valence-corrected chi connectivity index (χ1v) is 9.64. The largest absolute Gasteiger partial charge is 0.507 e. The van der Waals surface area contributed by atoms with Gasteiger partial charge in [0.25, 0.3) is 5.78 Å². The van der Waals surface area contributed by atoms with Crippen LogP contribution in [0.4, 0.5) is 5.82 Å². The van der Waals surface area contributed by atoms with E-state index in [2.05, 4.69) is 11.7 Å². The van der Waals surface area contributed by atoms with Gasteiger partial charge in [0, 0.05) is 11.6 Å². The van der Waals surface area contributed by atoms with Gasteiger partial charge in [0.2, 0.25) is 0 Å². The van der Waals surface area contributed by atoms with E-state index in [1.807, 2.05) is 0 Å². The number of rotatable bonds is 6. The number of Topliss-reactive ketones (excluding diaryl/α,β-unsaturated/α-hetero) is 1. The molecule has 4 rings (SSSR count). The second-order valence-electron chi connectivity index (χ2n) is 7.00. The number of aliphatic hydroxyl groups excluding tert-OH is 1. The highest BCUT2D eigenvalue weighted by Crippen LogP contribution is 2.42. The van der Waals surface area contributed by atoms with Crippen molar-refractivity contribution in [3.05, 3.63) is 95.8 Å². The van der Waals surface area contributed by atoms with E-state index in [0.29, 0.717) is 29.2 Å². The molecule has 1 saturated heterocycles. The Labute approximate surface area is 178 Å². The highest BCUT2D eigenvalue weighted by Gasteiger charge is 2.48. The Morgan fingerprint density at radius 2 is 1.97 bits per heavy atom. The van der Waals surface area contributed by atoms with Crippen molar-refractivity contribution in [1.29, 1.82) is 0 Å². The zero-order valence-electron chi connectivity index (χ0n) is 16.8. The molecule has 0 bridgehead atoms. The highest BCUT2D eigenvalue weighted by molar-refractivity contribution is 6.51. The molecule has 7 heteroatoms. The molecule has 0 aliphatic carbocycles. The number of hydrogen-bond donors (Lipinski definition) is 1. The lowest BCUT2D eigenvalue weighted by atomic mass is 9.95. The van der Waals surface area contributed by atoms with Crippen LogP contribution in [0.3, 0.4) is 0 Å². The average Bonchev–Trinajstić information content (AvgIpc) is 3.33. The molecule has 0 spiro atoms. The van der Waals surface area contributed by atoms with E-state index in [4.69, 9.17) is 9.26 Å². The second kappa shape index (κ2) is 8.31. The lowest BCUT2D eigenvalue weighted by Gasteiger charge is -2.23. The zero-order chi connectivity index (χ0) is 22.0. The van der Waals surface area contributed by atoms with E-state index in [0.717, 1.165) is 0 Å². The third-order valence-corrected chi connectivity index (χ3v) is 4.90. The zero-order valence-corrected chi connectivity index (χ0v) is 16.8. The Bertz CT molecular complexity index is 1180. The summed E-state index contributed by atoms with van der Waals surface area (Å²) in [7, 11) is 0. The van der Waals surface area contributed by atoms with Crippen LogP contribution in [0.2, 0.25) is 0 Å². The molecule has 1 aromatic heterocycles. The summed E-state index contributed by atoms with van der Waals surface area (Å²) in [6, 6.07) is 16.3. The van der Waals surface area contributed by atoms with Gasteiger partial charge in [-0.1, -0.05) is 60.3 Å². The molecule has 1 N–H and O–H groups in total. The van der Waals surface area contributed by atoms with Crippen molar-refractivity contribution in [2.24, 2.45) is 0 Å². The third kappa shape index (κ3) is 3.73. The van der Waals surface area contributed by atoms with Gasteiger partial charge in [-0.05, 0) is 24.6 Å². The Morgan fingerprint density at radius 3 is 2.65 bits per heavy atom. The lowest BCUT2D eigenvalue weighted by molar-refractivity contribution is -0.132. The number of aryl methyl sites for hydroxylation is 1. The van der Waals surface area contributed by atoms with Crippen molar-refractivity contribution in [3.63, 3.8) is 0 Å². The number of hydrogen-bond acceptors (Lipinski definition) is 6. The van der Waals surface area contributed by atoms with Crippen molar-refractivity contribution in [2.45, 2.75) is 13.0 Å². The topological polar surface area (TPSA) is 92.9 Å². The molecule has 1 aliphatic rings. The van der Waals surface area contributed by atoms with Crippen LogP contribution in [0.15, 0.2) is 83.4 Å². The molecule has 2 aromatic carbocycles. The Kier molecular flexibility index (Phi) is 5.41. The summed E-state index contributed by atoms with van der Waals surface area (Å²) in [6.45, 7) is 5.63. The maximum Gasteiger partial charge on any atom is 0.301 e. The minimum absolute atomic E-state index is 0.0299. The van der Waals surface area contributed by atoms with Crippen LogP contribution in [0, 0.1) is 6.92 Å². The first-order valence-electron chi connectivity index (χ1n) is 9.64. The maximum absolute atomic E-state index is 13.0. The number of carbonyl (C=O) groups excluding carboxylic acids is 2. The Hall–Kier alpha value is -4.13. The number of anilines is 1. The lowest BCUT2D eigenvalue weighted by Crippen LogP contribution is -2.29. The molecule has 0 saturated carbocycles. The molecule has 156 valence electrons. The number of nitrogens with zero attached hydrogens (tertiary/aromatic N) is 2. The summed E-state index contributed by atoms with van der Waals surface area (Å²) in [5.41, 5.74) is 0.984. The highest BCUT2D eigenvalue weighted by atomic mass is 16.5. The number of amides is 1. The molecule has 3 aromatic rings. The van der Waals surface area contributed by atoms with Gasteiger partial charge in [-0.3, -0.25) is 14.5 Å². The number of carbonyl (C=O) groups is 2. The Balaban J connectivity index is 1.91. The van der Waals surface area contributed by atoms with Crippen molar-refractivity contribution in [2.75, 3.05) is 11.5 Å². The van der Waals surface area contributed by atoms with Gasteiger partial charge >= 0.3 is 5.91 Å². The van der Waals surface area contributed by atoms with Gasteiger partial charge in [0.15, 0.2) is 5.82 Å². The summed E-state index contributed by atoms with van der Waals surface area (Å²) in [5, 5.41) is 14.9. The Morgan fingerprint density at radius 1 is 1.19 bits per heavy atom. The van der Waals surface area contributed by atoms with Crippen molar-refractivity contribution in [3.8, 4) is 5.75 Å². The summed E-state index contributed by atoms with van der Waals surface area (Å²) in [4.78, 5) is 27.3. The maximum atomic E-state index is 13.0. The number of aliphatic hydroxyl groups is 1. The number of aromatic nitrogens is 1. The van der Waals surface area contributed by atoms with Crippen LogP contribution < -0.4 is 9.64 Å². The van der Waals surface area contributed by atoms with Gasteiger partial charge in [0.05, 0.1) is 11.6 Å². The summed E-state index contributed by atoms with van der Waals surface area (Å²) >= 11 is 0. The van der Waals surface area contributed by atoms with Crippen LogP contribution in [-0.4, -0.2) is 28.6 Å². The van der Waals surface area contributed by atoms with Gasteiger partial charge < -0.3 is 14.4 Å². The van der Waals surface area contributed by atoms with Gasteiger partial charge in [-0.15, -0.1) is 0 Å². The molecule has 1 atom stereocenters. The SMILES string of the molecule is C=CCOc1cccc([C@H]2/C(=C(\O)c3ccccc3)C(=O)C(=O)N2c2cc(C)on2)c1. The molecule has 1 aliphatic heterocycles. The minimum atomic E-state index is -0.906. The molecule has 1 fully saturated rings. The van der Waals surface area contributed by atoms with E-state index >= 15 is 0 Å². The number of benzene rings is 2. The minimum Gasteiger partial charge on any atom is -0.507 e. The molecule has 1 amide bonds. The number of ketones is 1. The standard InChI is InChI=1S/C24H20N2O5/c1-3-12-30-18-11-7-10-17(14-18)21-20(22(27)16-8-5-4-6-9-16)23(28)24(29)26(21)19-13-15(2)31-25-19/h3-11,13-14,21,27H,1,12H2,2H3/b22-20+/t21-/m0/s1. The van der Waals surface area contributed by atoms with Crippen molar-refractivity contribution < 1.29 is 24.0 Å². The van der Waals surface area contributed by atoms with E-state index in [1.165, 1.54) is 4.90 Å². The van der Waals surface area contributed by atoms with Crippen LogP contribution >= 0.6 is 0 Å². The monoisotopic (exact) mass is 416 g/mol. The first kappa shape index (κ1) is 20.2. The van der Waals surface area contributed by atoms with Crippen LogP contribution in [0.25, 0.3) is 5.76 Å². The molecular weight excluding hydrogens is 396 g/mol. The van der Waals surface area contributed by atoms with E-state index < -0.39 is 17.7 Å². The molecular formula is C24H20N2O5. The molecule has 2 heterocycles. The predicted molar refractivity (Wildman–Crippen MR) is 115 cm³/mol. The van der Waals surface area contributed by atoms with E-state index in [1.54, 1.807) is 73.7 Å². The van der Waals surface area contributed by atoms with Crippen molar-refractivity contribution in [1.82, 2.24) is 5.16 Å². The van der Waals surface area contributed by atoms with Crippen LogP contribution in [0.1, 0.15) is 22.9 Å². The third-order valence-electron chi connectivity index (χ3n) is 4.90. The fourth-order valence-corrected chi connectivity index (χ4v) is 3.53. The number of ether oxygens (including phenoxy) is 1. The fraction of sp³-hybridized carbons (Fsp3) is 0.125. The fourth-order valence-electron chi connectivity index (χ4n) is 3.53. The van der Waals surface area contributed by atoms with E-state index in [9.17, 15) is 14.7 Å². The van der Waals surface area contributed by atoms with Crippen LogP contribution in [-0.2, 0) is 9.59 Å². The molecule has 31 heavy (non-hydrogen) atoms. The normalized spacial score (nSPS) is 17.7. The smallest absolute Gasteiger partial charge is 0.301 e. The van der Waals surface area contributed by atoms with E-state index in [-0.39, 0.29) is 17.2 Å². The first-order chi connectivity index (χ1) is 15.0. The van der Waals surface area contributed by atoms with Crippen LogP contribution in [0.5, 0.6) is 5.75 Å². The average molecular weight is 416 g/mol. The van der Waals surface area contributed by atoms with Gasteiger partial charge in [-0.25, -0.2) is 0 Å². The van der Waals surface area contributed by atoms with Gasteiger partial charge in [-0.2, -0.15) is 0 Å². The van der Waals surface area contributed by atoms with Gasteiger partial charge in [0.1, 0.15) is 23.9 Å². The summed E-state index contributed by atoms with van der Waals surface area (Å²) < 4.78 is 10.7. The second-order valence-corrected chi connectivity index (χ2v) is 7.00. The quantitative estimate of drug-likeness (QED) is 0.281. The molecule has 7 nitrogen and oxygen atoms in total. The molecule has 0 radical (unpaired) electrons. The van der Waals surface area contributed by atoms with Crippen molar-refractivity contribution >= 4 is 23.3 Å².